The lowest BCUT2D eigenvalue weighted by molar-refractivity contribution is 0.414. The first-order valence-electron chi connectivity index (χ1n) is 11.1. The van der Waals surface area contributed by atoms with Gasteiger partial charge in [0.1, 0.15) is 17.5 Å². The molecule has 1 saturated heterocycles. The van der Waals surface area contributed by atoms with Gasteiger partial charge in [0.2, 0.25) is 0 Å². The normalized spacial score (nSPS) is 17.5. The molecule has 0 aliphatic carbocycles. The van der Waals surface area contributed by atoms with Crippen molar-refractivity contribution in [2.45, 2.75) is 19.0 Å². The van der Waals surface area contributed by atoms with Gasteiger partial charge in [-0.3, -0.25) is 4.98 Å². The number of anilines is 1. The summed E-state index contributed by atoms with van der Waals surface area (Å²) in [4.78, 5) is 6.83. The zero-order chi connectivity index (χ0) is 23.7. The van der Waals surface area contributed by atoms with Crippen molar-refractivity contribution < 1.29 is 9.47 Å². The van der Waals surface area contributed by atoms with E-state index >= 15 is 0 Å². The molecule has 2 aromatic carbocycles. The van der Waals surface area contributed by atoms with Gasteiger partial charge >= 0.3 is 0 Å². The highest BCUT2D eigenvalue weighted by atomic mass is 32.1. The number of ether oxygens (including phenoxy) is 2. The summed E-state index contributed by atoms with van der Waals surface area (Å²) in [5.41, 5.74) is 5.23. The van der Waals surface area contributed by atoms with Gasteiger partial charge in [0, 0.05) is 29.0 Å². The number of thiocarbonyl (C=S) groups is 1. The molecule has 4 aromatic rings. The first-order valence-corrected chi connectivity index (χ1v) is 11.5. The second-order valence-electron chi connectivity index (χ2n) is 8.13. The van der Waals surface area contributed by atoms with Crippen LogP contribution in [0.15, 0.2) is 85.1 Å². The van der Waals surface area contributed by atoms with Gasteiger partial charge in [-0.25, -0.2) is 0 Å². The SMILES string of the molecule is COc1ccc(N2C(=S)N[C@@H](c3ccccn3)[C@H]2c2ccc(C)n2-c2ccc(OC)cc2)cc1. The second kappa shape index (κ2) is 9.19. The molecule has 0 spiro atoms. The van der Waals surface area contributed by atoms with Crippen molar-refractivity contribution in [3.05, 3.63) is 102 Å². The molecule has 172 valence electrons. The molecule has 1 aliphatic heterocycles. The van der Waals surface area contributed by atoms with Crippen molar-refractivity contribution in [1.82, 2.24) is 14.9 Å². The highest BCUT2D eigenvalue weighted by molar-refractivity contribution is 7.80. The molecular formula is C27H26N4O2S. The van der Waals surface area contributed by atoms with Crippen LogP contribution in [0.5, 0.6) is 11.5 Å². The molecule has 1 fully saturated rings. The first-order chi connectivity index (χ1) is 16.6. The van der Waals surface area contributed by atoms with Crippen LogP contribution < -0.4 is 19.7 Å². The molecule has 0 bridgehead atoms. The number of hydrogen-bond acceptors (Lipinski definition) is 4. The standard InChI is InChI=1S/C27H26N4O2S/c1-18-7-16-24(30(18)19-8-12-21(32-2)13-9-19)26-25(23-6-4-5-17-28-23)29-27(34)31(26)20-10-14-22(33-3)15-11-20/h4-17,25-26H,1-3H3,(H,29,34)/t25-,26+/m0/s1. The largest absolute Gasteiger partial charge is 0.497 e. The van der Waals surface area contributed by atoms with Crippen molar-refractivity contribution in [2.24, 2.45) is 0 Å². The number of methoxy groups -OCH3 is 2. The summed E-state index contributed by atoms with van der Waals surface area (Å²) in [6.45, 7) is 2.11. The third-order valence-electron chi connectivity index (χ3n) is 6.19. The summed E-state index contributed by atoms with van der Waals surface area (Å²) in [5.74, 6) is 1.63. The summed E-state index contributed by atoms with van der Waals surface area (Å²) in [6, 6.07) is 26.1. The monoisotopic (exact) mass is 470 g/mol. The van der Waals surface area contributed by atoms with E-state index in [0.29, 0.717) is 5.11 Å². The van der Waals surface area contributed by atoms with Crippen molar-refractivity contribution >= 4 is 23.0 Å². The van der Waals surface area contributed by atoms with Gasteiger partial charge < -0.3 is 24.3 Å². The number of hydrogen-bond donors (Lipinski definition) is 1. The molecule has 6 nitrogen and oxygen atoms in total. The molecule has 0 saturated carbocycles. The average molecular weight is 471 g/mol. The zero-order valence-electron chi connectivity index (χ0n) is 19.3. The van der Waals surface area contributed by atoms with E-state index in [2.05, 4.69) is 51.0 Å². The number of aromatic nitrogens is 2. The van der Waals surface area contributed by atoms with Crippen LogP contribution in [0.1, 0.15) is 29.2 Å². The molecule has 0 amide bonds. The van der Waals surface area contributed by atoms with E-state index < -0.39 is 0 Å². The molecule has 2 aromatic heterocycles. The Balaban J connectivity index is 1.66. The van der Waals surface area contributed by atoms with E-state index in [1.165, 1.54) is 0 Å². The number of rotatable bonds is 6. The van der Waals surface area contributed by atoms with Gasteiger partial charge in [-0.15, -0.1) is 0 Å². The van der Waals surface area contributed by atoms with Gasteiger partial charge in [0.05, 0.1) is 26.0 Å². The molecule has 7 heteroatoms. The van der Waals surface area contributed by atoms with Crippen LogP contribution >= 0.6 is 12.2 Å². The number of benzene rings is 2. The fourth-order valence-electron chi connectivity index (χ4n) is 4.55. The van der Waals surface area contributed by atoms with Crippen molar-refractivity contribution in [2.75, 3.05) is 19.1 Å². The maximum Gasteiger partial charge on any atom is 0.174 e. The van der Waals surface area contributed by atoms with Crippen LogP contribution in [0, 0.1) is 6.92 Å². The van der Waals surface area contributed by atoms with Crippen molar-refractivity contribution in [1.29, 1.82) is 0 Å². The number of nitrogens with one attached hydrogen (secondary N) is 1. The number of nitrogens with zero attached hydrogens (tertiary/aromatic N) is 3. The third-order valence-corrected chi connectivity index (χ3v) is 6.50. The van der Waals surface area contributed by atoms with Crippen molar-refractivity contribution in [3.63, 3.8) is 0 Å². The van der Waals surface area contributed by atoms with Gasteiger partial charge in [-0.05, 0) is 91.9 Å². The van der Waals surface area contributed by atoms with Crippen LogP contribution in [-0.4, -0.2) is 28.9 Å². The predicted octanol–water partition coefficient (Wildman–Crippen LogP) is 5.38. The second-order valence-corrected chi connectivity index (χ2v) is 8.51. The molecular weight excluding hydrogens is 444 g/mol. The Labute approximate surface area is 204 Å². The summed E-state index contributed by atoms with van der Waals surface area (Å²) in [6.07, 6.45) is 1.82. The lowest BCUT2D eigenvalue weighted by atomic mass is 10.0. The average Bonchev–Trinajstić information content (AvgIpc) is 3.44. The molecule has 5 rings (SSSR count). The summed E-state index contributed by atoms with van der Waals surface area (Å²) in [5, 5.41) is 4.19. The highest BCUT2D eigenvalue weighted by Crippen LogP contribution is 2.43. The fourth-order valence-corrected chi connectivity index (χ4v) is 4.90. The van der Waals surface area contributed by atoms with Crippen LogP contribution in [0.25, 0.3) is 5.69 Å². The van der Waals surface area contributed by atoms with Crippen LogP contribution in [0.4, 0.5) is 5.69 Å². The Hall–Kier alpha value is -3.84. The molecule has 2 atom stereocenters. The van der Waals surface area contributed by atoms with Gasteiger partial charge in [0.25, 0.3) is 0 Å². The molecule has 0 unspecified atom stereocenters. The Bertz CT molecular complexity index is 1290. The maximum atomic E-state index is 5.87. The Morgan fingerprint density at radius 2 is 1.47 bits per heavy atom. The van der Waals surface area contributed by atoms with Gasteiger partial charge in [-0.1, -0.05) is 6.07 Å². The predicted molar refractivity (Wildman–Crippen MR) is 138 cm³/mol. The molecule has 1 aliphatic rings. The smallest absolute Gasteiger partial charge is 0.174 e. The first kappa shape index (κ1) is 22.0. The maximum absolute atomic E-state index is 5.87. The molecule has 3 heterocycles. The van der Waals surface area contributed by atoms with Crippen LogP contribution in [0.2, 0.25) is 0 Å². The van der Waals surface area contributed by atoms with E-state index in [1.54, 1.807) is 14.2 Å². The number of aryl methyl sites for hydroxylation is 1. The quantitative estimate of drug-likeness (QED) is 0.382. The summed E-state index contributed by atoms with van der Waals surface area (Å²) < 4.78 is 13.0. The Morgan fingerprint density at radius 1 is 0.824 bits per heavy atom. The highest BCUT2D eigenvalue weighted by Gasteiger charge is 2.42. The van der Waals surface area contributed by atoms with Crippen LogP contribution in [-0.2, 0) is 0 Å². The lowest BCUT2D eigenvalue weighted by Crippen LogP contribution is -2.30. The minimum absolute atomic E-state index is 0.119. The zero-order valence-corrected chi connectivity index (χ0v) is 20.1. The topological polar surface area (TPSA) is 51.5 Å². The van der Waals surface area contributed by atoms with Gasteiger partial charge in [0.15, 0.2) is 5.11 Å². The van der Waals surface area contributed by atoms with Gasteiger partial charge in [-0.2, -0.15) is 0 Å². The Morgan fingerprint density at radius 3 is 2.06 bits per heavy atom. The van der Waals surface area contributed by atoms with E-state index in [0.717, 1.165) is 40.0 Å². The van der Waals surface area contributed by atoms with Crippen molar-refractivity contribution in [3.8, 4) is 17.2 Å². The number of pyridine rings is 1. The molecule has 34 heavy (non-hydrogen) atoms. The van der Waals surface area contributed by atoms with E-state index in [4.69, 9.17) is 21.7 Å². The lowest BCUT2D eigenvalue weighted by Gasteiger charge is -2.29. The summed E-state index contributed by atoms with van der Waals surface area (Å²) in [7, 11) is 3.35. The van der Waals surface area contributed by atoms with E-state index in [-0.39, 0.29) is 12.1 Å². The minimum atomic E-state index is -0.123. The minimum Gasteiger partial charge on any atom is -0.497 e. The third kappa shape index (κ3) is 3.88. The Kier molecular flexibility index (Phi) is 5.94. The van der Waals surface area contributed by atoms with Crippen LogP contribution in [0.3, 0.4) is 0 Å². The van der Waals surface area contributed by atoms with E-state index in [1.807, 2.05) is 60.8 Å². The van der Waals surface area contributed by atoms with E-state index in [9.17, 15) is 0 Å². The summed E-state index contributed by atoms with van der Waals surface area (Å²) >= 11 is 5.87. The molecule has 0 radical (unpaired) electrons. The fraction of sp³-hybridized carbons (Fsp3) is 0.185. The molecule has 1 N–H and O–H groups in total.